The molecule has 1 aromatic carbocycles. The van der Waals surface area contributed by atoms with Gasteiger partial charge < -0.3 is 10.4 Å². The molecule has 2 atom stereocenters. The Labute approximate surface area is 143 Å². The summed E-state index contributed by atoms with van der Waals surface area (Å²) in [4.78, 5) is 23.6. The highest BCUT2D eigenvalue weighted by Gasteiger charge is 2.38. The van der Waals surface area contributed by atoms with E-state index in [-0.39, 0.29) is 23.2 Å². The van der Waals surface area contributed by atoms with Crippen LogP contribution in [0.25, 0.3) is 0 Å². The van der Waals surface area contributed by atoms with E-state index >= 15 is 0 Å². The Morgan fingerprint density at radius 2 is 1.92 bits per heavy atom. The Bertz CT molecular complexity index is 619. The fourth-order valence-electron chi connectivity index (χ4n) is 4.44. The average Bonchev–Trinajstić information content (AvgIpc) is 3.23. The zero-order chi connectivity index (χ0) is 17.2. The minimum Gasteiger partial charge on any atom is -0.481 e. The number of rotatable bonds is 5. The third-order valence-corrected chi connectivity index (χ3v) is 5.94. The van der Waals surface area contributed by atoms with Crippen molar-refractivity contribution in [2.75, 3.05) is 6.54 Å². The maximum Gasteiger partial charge on any atom is 0.306 e. The number of aliphatic carboxylic acids is 1. The molecule has 2 N–H and O–H groups in total. The van der Waals surface area contributed by atoms with E-state index in [2.05, 4.69) is 36.5 Å². The normalized spacial score (nSPS) is 25.5. The molecule has 0 unspecified atom stereocenters. The minimum atomic E-state index is -0.766. The molecule has 0 aromatic heterocycles. The summed E-state index contributed by atoms with van der Waals surface area (Å²) in [5, 5.41) is 12.3. The average molecular weight is 329 g/mol. The molecule has 0 bridgehead atoms. The molecule has 1 amide bonds. The lowest BCUT2D eigenvalue weighted by atomic mass is 9.78. The van der Waals surface area contributed by atoms with Gasteiger partial charge in [-0.05, 0) is 44.6 Å². The highest BCUT2D eigenvalue weighted by atomic mass is 16.4. The Kier molecular flexibility index (Phi) is 4.93. The lowest BCUT2D eigenvalue weighted by molar-refractivity contribution is -0.141. The molecule has 4 nitrogen and oxygen atoms in total. The molecule has 2 aliphatic carbocycles. The van der Waals surface area contributed by atoms with Crippen LogP contribution in [0.4, 0.5) is 0 Å². The monoisotopic (exact) mass is 329 g/mol. The molecule has 2 fully saturated rings. The predicted octanol–water partition coefficient (Wildman–Crippen LogP) is 3.42. The molecule has 0 saturated heterocycles. The van der Waals surface area contributed by atoms with Gasteiger partial charge in [-0.1, -0.05) is 42.7 Å². The number of aryl methyl sites for hydroxylation is 1. The SMILES string of the molecule is Cc1cccc(C2(CNC(=O)[C@@H]3CC[C@H](C(=O)O)C3)CCCC2)c1. The summed E-state index contributed by atoms with van der Waals surface area (Å²) in [6, 6.07) is 8.63. The van der Waals surface area contributed by atoms with Crippen molar-refractivity contribution in [2.45, 2.75) is 57.3 Å². The third-order valence-electron chi connectivity index (χ3n) is 5.94. The largest absolute Gasteiger partial charge is 0.481 e. The number of nitrogens with one attached hydrogen (secondary N) is 1. The van der Waals surface area contributed by atoms with Crippen LogP contribution in [0, 0.1) is 18.8 Å². The van der Waals surface area contributed by atoms with Crippen LogP contribution in [0.2, 0.25) is 0 Å². The molecule has 24 heavy (non-hydrogen) atoms. The zero-order valence-electron chi connectivity index (χ0n) is 14.4. The molecule has 130 valence electrons. The van der Waals surface area contributed by atoms with Crippen LogP contribution in [0.15, 0.2) is 24.3 Å². The van der Waals surface area contributed by atoms with Crippen LogP contribution in [-0.2, 0) is 15.0 Å². The lowest BCUT2D eigenvalue weighted by Crippen LogP contribution is -2.41. The first-order valence-electron chi connectivity index (χ1n) is 9.08. The van der Waals surface area contributed by atoms with Gasteiger partial charge in [0.15, 0.2) is 0 Å². The quantitative estimate of drug-likeness (QED) is 0.870. The van der Waals surface area contributed by atoms with Gasteiger partial charge in [0.05, 0.1) is 5.92 Å². The molecule has 2 aliphatic rings. The predicted molar refractivity (Wildman–Crippen MR) is 92.8 cm³/mol. The van der Waals surface area contributed by atoms with E-state index in [4.69, 9.17) is 5.11 Å². The Balaban J connectivity index is 1.65. The molecule has 0 heterocycles. The van der Waals surface area contributed by atoms with E-state index in [1.165, 1.54) is 24.0 Å². The van der Waals surface area contributed by atoms with Gasteiger partial charge in [-0.3, -0.25) is 9.59 Å². The number of carboxylic acids is 1. The van der Waals surface area contributed by atoms with E-state index in [0.29, 0.717) is 25.8 Å². The summed E-state index contributed by atoms with van der Waals surface area (Å²) in [6.07, 6.45) is 6.43. The number of carbonyl (C=O) groups excluding carboxylic acids is 1. The highest BCUT2D eigenvalue weighted by Crippen LogP contribution is 2.41. The number of amides is 1. The van der Waals surface area contributed by atoms with Crippen molar-refractivity contribution in [1.29, 1.82) is 0 Å². The van der Waals surface area contributed by atoms with Crippen LogP contribution >= 0.6 is 0 Å². The molecular weight excluding hydrogens is 302 g/mol. The van der Waals surface area contributed by atoms with Crippen molar-refractivity contribution in [2.24, 2.45) is 11.8 Å². The molecule has 3 rings (SSSR count). The number of carbonyl (C=O) groups is 2. The summed E-state index contributed by atoms with van der Waals surface area (Å²) in [5.41, 5.74) is 2.63. The van der Waals surface area contributed by atoms with Crippen LogP contribution < -0.4 is 5.32 Å². The van der Waals surface area contributed by atoms with Gasteiger partial charge >= 0.3 is 5.97 Å². The van der Waals surface area contributed by atoms with Crippen LogP contribution in [0.5, 0.6) is 0 Å². The second-order valence-corrected chi connectivity index (χ2v) is 7.62. The summed E-state index contributed by atoms with van der Waals surface area (Å²) in [6.45, 7) is 2.78. The molecule has 4 heteroatoms. The van der Waals surface area contributed by atoms with Gasteiger partial charge in [-0.15, -0.1) is 0 Å². The maximum atomic E-state index is 12.5. The molecule has 0 radical (unpaired) electrons. The van der Waals surface area contributed by atoms with Gasteiger partial charge in [-0.25, -0.2) is 0 Å². The lowest BCUT2D eigenvalue weighted by Gasteiger charge is -2.31. The van der Waals surface area contributed by atoms with Crippen molar-refractivity contribution in [1.82, 2.24) is 5.32 Å². The second-order valence-electron chi connectivity index (χ2n) is 7.62. The highest BCUT2D eigenvalue weighted by molar-refractivity contribution is 5.81. The number of hydrogen-bond donors (Lipinski definition) is 2. The summed E-state index contributed by atoms with van der Waals surface area (Å²) in [7, 11) is 0. The smallest absolute Gasteiger partial charge is 0.306 e. The molecular formula is C20H27NO3. The minimum absolute atomic E-state index is 0.0395. The van der Waals surface area contributed by atoms with E-state index in [1.54, 1.807) is 0 Å². The number of carboxylic acid groups (broad SMARTS) is 1. The zero-order valence-corrected chi connectivity index (χ0v) is 14.4. The van der Waals surface area contributed by atoms with Gasteiger partial charge in [0.2, 0.25) is 5.91 Å². The van der Waals surface area contributed by atoms with E-state index in [1.807, 2.05) is 0 Å². The van der Waals surface area contributed by atoms with Crippen molar-refractivity contribution in [3.05, 3.63) is 35.4 Å². The molecule has 0 aliphatic heterocycles. The van der Waals surface area contributed by atoms with Crippen LogP contribution in [-0.4, -0.2) is 23.5 Å². The van der Waals surface area contributed by atoms with E-state index in [0.717, 1.165) is 12.8 Å². The van der Waals surface area contributed by atoms with Crippen molar-refractivity contribution >= 4 is 11.9 Å². The first-order chi connectivity index (χ1) is 11.5. The Morgan fingerprint density at radius 3 is 2.54 bits per heavy atom. The van der Waals surface area contributed by atoms with Crippen LogP contribution in [0.3, 0.4) is 0 Å². The van der Waals surface area contributed by atoms with E-state index in [9.17, 15) is 9.59 Å². The van der Waals surface area contributed by atoms with Crippen molar-refractivity contribution < 1.29 is 14.7 Å². The number of benzene rings is 1. The van der Waals surface area contributed by atoms with Gasteiger partial charge in [0, 0.05) is 17.9 Å². The molecule has 1 aromatic rings. The second kappa shape index (κ2) is 6.96. The summed E-state index contributed by atoms with van der Waals surface area (Å²) in [5.74, 6) is -1.21. The number of hydrogen-bond acceptors (Lipinski definition) is 2. The fourth-order valence-corrected chi connectivity index (χ4v) is 4.44. The van der Waals surface area contributed by atoms with Gasteiger partial charge in [0.25, 0.3) is 0 Å². The summed E-state index contributed by atoms with van der Waals surface area (Å²) < 4.78 is 0. The Hall–Kier alpha value is -1.84. The first kappa shape index (κ1) is 17.0. The van der Waals surface area contributed by atoms with E-state index < -0.39 is 5.97 Å². The molecule has 2 saturated carbocycles. The van der Waals surface area contributed by atoms with Crippen LogP contribution in [0.1, 0.15) is 56.1 Å². The Morgan fingerprint density at radius 1 is 1.21 bits per heavy atom. The standard InChI is InChI=1S/C20H27NO3/c1-14-5-4-6-17(11-14)20(9-2-3-10-20)13-21-18(22)15-7-8-16(12-15)19(23)24/h4-6,11,15-16H,2-3,7-10,12-13H2,1H3,(H,21,22)(H,23,24)/t15-,16+/m1/s1. The summed E-state index contributed by atoms with van der Waals surface area (Å²) >= 11 is 0. The van der Waals surface area contributed by atoms with Gasteiger partial charge in [0.1, 0.15) is 0 Å². The molecule has 0 spiro atoms. The van der Waals surface area contributed by atoms with Gasteiger partial charge in [-0.2, -0.15) is 0 Å². The van der Waals surface area contributed by atoms with Crippen molar-refractivity contribution in [3.63, 3.8) is 0 Å². The third kappa shape index (κ3) is 3.47. The fraction of sp³-hybridized carbons (Fsp3) is 0.600. The maximum absolute atomic E-state index is 12.5. The van der Waals surface area contributed by atoms with Crippen molar-refractivity contribution in [3.8, 4) is 0 Å². The first-order valence-corrected chi connectivity index (χ1v) is 9.08. The topological polar surface area (TPSA) is 66.4 Å².